The zero-order valence-electron chi connectivity index (χ0n) is 20.0. The summed E-state index contributed by atoms with van der Waals surface area (Å²) in [5, 5.41) is 6.62. The predicted molar refractivity (Wildman–Crippen MR) is 134 cm³/mol. The van der Waals surface area contributed by atoms with E-state index in [0.717, 1.165) is 23.1 Å². The molecule has 7 heteroatoms. The first-order valence-corrected chi connectivity index (χ1v) is 12.0. The van der Waals surface area contributed by atoms with Crippen molar-refractivity contribution in [3.8, 4) is 5.75 Å². The molecule has 1 aliphatic heterocycles. The van der Waals surface area contributed by atoms with E-state index in [4.69, 9.17) is 4.74 Å². The molecule has 186 valence electrons. The average molecular weight is 493 g/mol. The van der Waals surface area contributed by atoms with E-state index < -0.39 is 17.8 Å². The summed E-state index contributed by atoms with van der Waals surface area (Å²) in [6, 6.07) is 19.6. The van der Waals surface area contributed by atoms with E-state index in [1.54, 1.807) is 12.1 Å². The lowest BCUT2D eigenvalue weighted by Crippen LogP contribution is -2.28. The largest absolute Gasteiger partial charge is 0.491 e. The Kier molecular flexibility index (Phi) is 6.24. The number of anilines is 2. The number of carbonyl (C=O) groups is 1. The summed E-state index contributed by atoms with van der Waals surface area (Å²) >= 11 is 0. The highest BCUT2D eigenvalue weighted by Crippen LogP contribution is 2.46. The van der Waals surface area contributed by atoms with E-state index in [9.17, 15) is 18.0 Å². The van der Waals surface area contributed by atoms with E-state index >= 15 is 0 Å². The van der Waals surface area contributed by atoms with Gasteiger partial charge in [0.2, 0.25) is 0 Å². The number of Topliss-reactive ketones (excluding diaryl/α,β-unsaturated/α-hetero) is 1. The third kappa shape index (κ3) is 4.70. The van der Waals surface area contributed by atoms with E-state index in [1.165, 1.54) is 12.1 Å². The molecule has 2 aliphatic rings. The molecule has 0 aromatic heterocycles. The van der Waals surface area contributed by atoms with Gasteiger partial charge in [-0.2, -0.15) is 13.2 Å². The number of ketones is 1. The molecular weight excluding hydrogens is 465 g/mol. The number of allylic oxidation sites excluding steroid dienone is 1. The second kappa shape index (κ2) is 9.37. The molecule has 3 aromatic carbocycles. The van der Waals surface area contributed by atoms with Crippen molar-refractivity contribution >= 4 is 17.2 Å². The first-order chi connectivity index (χ1) is 17.2. The van der Waals surface area contributed by atoms with Gasteiger partial charge in [-0.3, -0.25) is 4.79 Å². The Morgan fingerprint density at radius 1 is 0.889 bits per heavy atom. The molecule has 2 unspecified atom stereocenters. The molecule has 1 aliphatic carbocycles. The van der Waals surface area contributed by atoms with Gasteiger partial charge in [-0.1, -0.05) is 42.5 Å². The molecular formula is C29H27F3N2O2. The quantitative estimate of drug-likeness (QED) is 0.397. The number of carbonyl (C=O) groups excluding carboxylic acids is 1. The molecule has 2 atom stereocenters. The predicted octanol–water partition coefficient (Wildman–Crippen LogP) is 7.47. The van der Waals surface area contributed by atoms with Crippen LogP contribution in [-0.2, 0) is 11.0 Å². The number of alkyl halides is 3. The van der Waals surface area contributed by atoms with Gasteiger partial charge >= 0.3 is 6.18 Å². The summed E-state index contributed by atoms with van der Waals surface area (Å²) in [6.45, 7) is 3.91. The number of hydrogen-bond donors (Lipinski definition) is 2. The van der Waals surface area contributed by atoms with Crippen LogP contribution in [0.4, 0.5) is 24.5 Å². The van der Waals surface area contributed by atoms with Crippen LogP contribution in [0, 0.1) is 0 Å². The third-order valence-electron chi connectivity index (χ3n) is 6.61. The molecule has 0 radical (unpaired) electrons. The fraction of sp³-hybridized carbons (Fsp3) is 0.276. The lowest BCUT2D eigenvalue weighted by molar-refractivity contribution is -0.138. The standard InChI is InChI=1S/C29H27F3N2O2/c1-17(2)36-20-13-11-18(12-14-20)19-15-25-27(26(35)16-19)28(34-24-10-6-5-9-23(24)33-25)21-7-3-4-8-22(21)29(30,31)32/h3-14,17,19,28,33-34H,15-16H2,1-2H3. The topological polar surface area (TPSA) is 50.4 Å². The Morgan fingerprint density at radius 3 is 2.25 bits per heavy atom. The highest BCUT2D eigenvalue weighted by atomic mass is 19.4. The van der Waals surface area contributed by atoms with Crippen molar-refractivity contribution in [2.45, 2.75) is 50.9 Å². The van der Waals surface area contributed by atoms with Gasteiger partial charge in [-0.15, -0.1) is 0 Å². The Balaban J connectivity index is 1.57. The summed E-state index contributed by atoms with van der Waals surface area (Å²) in [7, 11) is 0. The van der Waals surface area contributed by atoms with E-state index in [1.807, 2.05) is 56.3 Å². The molecule has 0 amide bonds. The Bertz CT molecular complexity index is 1310. The summed E-state index contributed by atoms with van der Waals surface area (Å²) in [6.07, 6.45) is -3.77. The first-order valence-electron chi connectivity index (χ1n) is 12.0. The zero-order chi connectivity index (χ0) is 25.4. The number of benzene rings is 3. The van der Waals surface area contributed by atoms with Crippen molar-refractivity contribution in [3.63, 3.8) is 0 Å². The SMILES string of the molecule is CC(C)Oc1ccc(C2CC(=O)C3=C(C2)Nc2ccccc2NC3c2ccccc2C(F)(F)F)cc1. The van der Waals surface area contributed by atoms with Crippen molar-refractivity contribution in [2.24, 2.45) is 0 Å². The highest BCUT2D eigenvalue weighted by Gasteiger charge is 2.40. The van der Waals surface area contributed by atoms with Crippen LogP contribution in [0.25, 0.3) is 0 Å². The number of hydrogen-bond acceptors (Lipinski definition) is 4. The summed E-state index contributed by atoms with van der Waals surface area (Å²) in [5.74, 6) is 0.490. The maximum atomic E-state index is 14.0. The first kappa shape index (κ1) is 24.0. The summed E-state index contributed by atoms with van der Waals surface area (Å²) in [4.78, 5) is 13.6. The fourth-order valence-electron chi connectivity index (χ4n) is 5.06. The highest BCUT2D eigenvalue weighted by molar-refractivity contribution is 6.01. The minimum absolute atomic E-state index is 0.0398. The van der Waals surface area contributed by atoms with Crippen LogP contribution in [0.1, 0.15) is 55.3 Å². The van der Waals surface area contributed by atoms with Crippen LogP contribution in [0.2, 0.25) is 0 Å². The molecule has 5 rings (SSSR count). The van der Waals surface area contributed by atoms with Gasteiger partial charge < -0.3 is 15.4 Å². The zero-order valence-corrected chi connectivity index (χ0v) is 20.0. The molecule has 36 heavy (non-hydrogen) atoms. The molecule has 3 aromatic rings. The van der Waals surface area contributed by atoms with Crippen molar-refractivity contribution in [2.75, 3.05) is 10.6 Å². The van der Waals surface area contributed by atoms with E-state index in [0.29, 0.717) is 23.4 Å². The van der Waals surface area contributed by atoms with Crippen LogP contribution < -0.4 is 15.4 Å². The van der Waals surface area contributed by atoms with Gasteiger partial charge in [-0.05, 0) is 67.6 Å². The molecule has 0 saturated heterocycles. The van der Waals surface area contributed by atoms with Gasteiger partial charge in [0, 0.05) is 17.7 Å². The normalized spacial score (nSPS) is 19.7. The van der Waals surface area contributed by atoms with Crippen LogP contribution in [-0.4, -0.2) is 11.9 Å². The lowest BCUT2D eigenvalue weighted by Gasteiger charge is -2.31. The van der Waals surface area contributed by atoms with Gasteiger partial charge in [0.1, 0.15) is 5.75 Å². The number of ether oxygens (including phenoxy) is 1. The maximum Gasteiger partial charge on any atom is 0.416 e. The van der Waals surface area contributed by atoms with Crippen LogP contribution >= 0.6 is 0 Å². The molecule has 1 heterocycles. The number of fused-ring (bicyclic) bond motifs is 1. The van der Waals surface area contributed by atoms with Gasteiger partial charge in [0.25, 0.3) is 0 Å². The second-order valence-electron chi connectivity index (χ2n) is 9.49. The van der Waals surface area contributed by atoms with Crippen LogP contribution in [0.15, 0.2) is 84.1 Å². The molecule has 0 fully saturated rings. The number of nitrogens with one attached hydrogen (secondary N) is 2. The van der Waals surface area contributed by atoms with Crippen molar-refractivity contribution in [1.82, 2.24) is 0 Å². The monoisotopic (exact) mass is 492 g/mol. The molecule has 0 bridgehead atoms. The molecule has 2 N–H and O–H groups in total. The molecule has 4 nitrogen and oxygen atoms in total. The van der Waals surface area contributed by atoms with Gasteiger partial charge in [-0.25, -0.2) is 0 Å². The average Bonchev–Trinajstić information content (AvgIpc) is 3.00. The number of halogens is 3. The Labute approximate surface area is 208 Å². The van der Waals surface area contributed by atoms with Crippen LogP contribution in [0.5, 0.6) is 5.75 Å². The van der Waals surface area contributed by atoms with Crippen LogP contribution in [0.3, 0.4) is 0 Å². The third-order valence-corrected chi connectivity index (χ3v) is 6.61. The minimum atomic E-state index is -4.54. The van der Waals surface area contributed by atoms with Crippen molar-refractivity contribution < 1.29 is 22.7 Å². The van der Waals surface area contributed by atoms with Gasteiger partial charge in [0.15, 0.2) is 5.78 Å². The van der Waals surface area contributed by atoms with Crippen molar-refractivity contribution in [1.29, 1.82) is 0 Å². The number of para-hydroxylation sites is 2. The van der Waals surface area contributed by atoms with Crippen molar-refractivity contribution in [3.05, 3.63) is 101 Å². The lowest BCUT2D eigenvalue weighted by atomic mass is 9.78. The minimum Gasteiger partial charge on any atom is -0.491 e. The smallest absolute Gasteiger partial charge is 0.416 e. The fourth-order valence-corrected chi connectivity index (χ4v) is 5.06. The molecule has 0 saturated carbocycles. The van der Waals surface area contributed by atoms with E-state index in [-0.39, 0.29) is 29.8 Å². The summed E-state index contributed by atoms with van der Waals surface area (Å²) in [5.41, 5.74) is 2.67. The Hall–Kier alpha value is -3.74. The Morgan fingerprint density at radius 2 is 1.56 bits per heavy atom. The molecule has 0 spiro atoms. The summed E-state index contributed by atoms with van der Waals surface area (Å²) < 4.78 is 47.6. The van der Waals surface area contributed by atoms with E-state index in [2.05, 4.69) is 10.6 Å². The maximum absolute atomic E-state index is 14.0. The number of rotatable bonds is 4. The second-order valence-corrected chi connectivity index (χ2v) is 9.49. The van der Waals surface area contributed by atoms with Gasteiger partial charge in [0.05, 0.1) is 29.1 Å².